The van der Waals surface area contributed by atoms with Gasteiger partial charge in [0.2, 0.25) is 5.91 Å². The monoisotopic (exact) mass is 252 g/mol. The second-order valence-electron chi connectivity index (χ2n) is 4.43. The predicted molar refractivity (Wildman–Crippen MR) is 70.6 cm³/mol. The summed E-state index contributed by atoms with van der Waals surface area (Å²) < 4.78 is 0. The van der Waals surface area contributed by atoms with Crippen LogP contribution >= 0.6 is 11.6 Å². The van der Waals surface area contributed by atoms with Crippen LogP contribution in [0.4, 0.5) is 5.69 Å². The molecule has 1 aromatic rings. The summed E-state index contributed by atoms with van der Waals surface area (Å²) in [5, 5.41) is 3.70. The van der Waals surface area contributed by atoms with E-state index in [4.69, 9.17) is 11.6 Å². The molecule has 1 unspecified atom stereocenters. The SMILES string of the molecule is CNC1CCCN(c2ccc(C)cc2Cl)C1=O. The maximum absolute atomic E-state index is 12.2. The molecule has 1 aromatic carbocycles. The highest BCUT2D eigenvalue weighted by Crippen LogP contribution is 2.29. The fourth-order valence-corrected chi connectivity index (χ4v) is 2.55. The summed E-state index contributed by atoms with van der Waals surface area (Å²) in [6.07, 6.45) is 1.90. The normalized spacial score (nSPS) is 20.8. The zero-order valence-corrected chi connectivity index (χ0v) is 10.9. The molecule has 92 valence electrons. The quantitative estimate of drug-likeness (QED) is 0.877. The van der Waals surface area contributed by atoms with Gasteiger partial charge in [-0.15, -0.1) is 0 Å². The van der Waals surface area contributed by atoms with Crippen LogP contribution in [0.3, 0.4) is 0 Å². The van der Waals surface area contributed by atoms with Gasteiger partial charge in [-0.3, -0.25) is 4.79 Å². The fourth-order valence-electron chi connectivity index (χ4n) is 2.21. The number of carbonyl (C=O) groups is 1. The van der Waals surface area contributed by atoms with Crippen LogP contribution in [-0.2, 0) is 4.79 Å². The smallest absolute Gasteiger partial charge is 0.244 e. The first-order chi connectivity index (χ1) is 8.13. The van der Waals surface area contributed by atoms with Crippen LogP contribution in [0.15, 0.2) is 18.2 Å². The summed E-state index contributed by atoms with van der Waals surface area (Å²) in [6.45, 7) is 2.74. The minimum Gasteiger partial charge on any atom is -0.310 e. The third kappa shape index (κ3) is 2.45. The van der Waals surface area contributed by atoms with Crippen molar-refractivity contribution >= 4 is 23.2 Å². The lowest BCUT2D eigenvalue weighted by Gasteiger charge is -2.32. The zero-order valence-electron chi connectivity index (χ0n) is 10.2. The number of likely N-dealkylation sites (N-methyl/N-ethyl adjacent to an activating group) is 1. The fraction of sp³-hybridized carbons (Fsp3) is 0.462. The van der Waals surface area contributed by atoms with E-state index in [2.05, 4.69) is 5.32 Å². The van der Waals surface area contributed by atoms with Gasteiger partial charge in [-0.25, -0.2) is 0 Å². The number of nitrogens with one attached hydrogen (secondary N) is 1. The molecule has 17 heavy (non-hydrogen) atoms. The number of aryl methyl sites for hydroxylation is 1. The first-order valence-electron chi connectivity index (χ1n) is 5.88. The van der Waals surface area contributed by atoms with E-state index in [1.807, 2.05) is 32.2 Å². The number of piperidine rings is 1. The number of amides is 1. The van der Waals surface area contributed by atoms with Crippen molar-refractivity contribution in [2.75, 3.05) is 18.5 Å². The molecule has 1 N–H and O–H groups in total. The van der Waals surface area contributed by atoms with Crippen LogP contribution in [0.1, 0.15) is 18.4 Å². The first kappa shape index (κ1) is 12.4. The van der Waals surface area contributed by atoms with Gasteiger partial charge in [0.25, 0.3) is 0 Å². The summed E-state index contributed by atoms with van der Waals surface area (Å²) >= 11 is 6.20. The van der Waals surface area contributed by atoms with Gasteiger partial charge in [0, 0.05) is 6.54 Å². The molecule has 1 aliphatic heterocycles. The number of hydrogen-bond acceptors (Lipinski definition) is 2. The van der Waals surface area contributed by atoms with Gasteiger partial charge in [0.05, 0.1) is 16.8 Å². The number of rotatable bonds is 2. The Morgan fingerprint density at radius 1 is 1.47 bits per heavy atom. The molecule has 0 spiro atoms. The Morgan fingerprint density at radius 3 is 2.88 bits per heavy atom. The summed E-state index contributed by atoms with van der Waals surface area (Å²) in [6, 6.07) is 5.72. The average Bonchev–Trinajstić information content (AvgIpc) is 2.30. The van der Waals surface area contributed by atoms with Crippen molar-refractivity contribution in [3.05, 3.63) is 28.8 Å². The number of carbonyl (C=O) groups excluding carboxylic acids is 1. The Morgan fingerprint density at radius 2 is 2.24 bits per heavy atom. The number of hydrogen-bond donors (Lipinski definition) is 1. The summed E-state index contributed by atoms with van der Waals surface area (Å²) in [5.74, 6) is 0.115. The molecule has 2 rings (SSSR count). The molecule has 0 aliphatic carbocycles. The largest absolute Gasteiger partial charge is 0.310 e. The minimum absolute atomic E-state index is 0.0823. The second kappa shape index (κ2) is 5.07. The third-order valence-corrected chi connectivity index (χ3v) is 3.48. The van der Waals surface area contributed by atoms with Gasteiger partial charge >= 0.3 is 0 Å². The van der Waals surface area contributed by atoms with Gasteiger partial charge in [-0.2, -0.15) is 0 Å². The van der Waals surface area contributed by atoms with E-state index in [9.17, 15) is 4.79 Å². The molecule has 0 bridgehead atoms. The van der Waals surface area contributed by atoms with Crippen LogP contribution in [0, 0.1) is 6.92 Å². The van der Waals surface area contributed by atoms with E-state index in [1.165, 1.54) is 0 Å². The van der Waals surface area contributed by atoms with E-state index >= 15 is 0 Å². The van der Waals surface area contributed by atoms with Crippen LogP contribution < -0.4 is 10.2 Å². The number of halogens is 1. The molecule has 0 aromatic heterocycles. The molecule has 1 atom stereocenters. The van der Waals surface area contributed by atoms with E-state index in [-0.39, 0.29) is 11.9 Å². The topological polar surface area (TPSA) is 32.3 Å². The Labute approximate surface area is 107 Å². The second-order valence-corrected chi connectivity index (χ2v) is 4.84. The maximum Gasteiger partial charge on any atom is 0.244 e. The molecule has 0 radical (unpaired) electrons. The maximum atomic E-state index is 12.2. The standard InChI is InChI=1S/C13H17ClN2O/c1-9-5-6-12(10(14)8-9)16-7-3-4-11(15-2)13(16)17/h5-6,8,11,15H,3-4,7H2,1-2H3. The van der Waals surface area contributed by atoms with E-state index in [1.54, 1.807) is 4.90 Å². The van der Waals surface area contributed by atoms with Crippen molar-refractivity contribution in [3.63, 3.8) is 0 Å². The lowest BCUT2D eigenvalue weighted by molar-refractivity contribution is -0.121. The van der Waals surface area contributed by atoms with Crippen LogP contribution in [-0.4, -0.2) is 25.5 Å². The van der Waals surface area contributed by atoms with Gasteiger partial charge < -0.3 is 10.2 Å². The summed E-state index contributed by atoms with van der Waals surface area (Å²) in [5.41, 5.74) is 1.93. The Bertz CT molecular complexity index is 433. The van der Waals surface area contributed by atoms with E-state index < -0.39 is 0 Å². The van der Waals surface area contributed by atoms with Crippen LogP contribution in [0.2, 0.25) is 5.02 Å². The van der Waals surface area contributed by atoms with Crippen molar-refractivity contribution in [1.82, 2.24) is 5.32 Å². The Kier molecular flexibility index (Phi) is 3.69. The molecule has 1 saturated heterocycles. The van der Waals surface area contributed by atoms with Crippen LogP contribution in [0.25, 0.3) is 0 Å². The first-order valence-corrected chi connectivity index (χ1v) is 6.26. The number of nitrogens with zero attached hydrogens (tertiary/aromatic N) is 1. The van der Waals surface area contributed by atoms with E-state index in [0.29, 0.717) is 5.02 Å². The lowest BCUT2D eigenvalue weighted by Crippen LogP contribution is -2.49. The zero-order chi connectivity index (χ0) is 12.4. The van der Waals surface area contributed by atoms with Crippen molar-refractivity contribution in [3.8, 4) is 0 Å². The van der Waals surface area contributed by atoms with Crippen molar-refractivity contribution in [2.24, 2.45) is 0 Å². The minimum atomic E-state index is -0.0823. The molecule has 1 heterocycles. The van der Waals surface area contributed by atoms with Crippen molar-refractivity contribution < 1.29 is 4.79 Å². The molecular formula is C13H17ClN2O. The predicted octanol–water partition coefficient (Wildman–Crippen LogP) is 2.36. The number of benzene rings is 1. The molecule has 4 heteroatoms. The van der Waals surface area contributed by atoms with Crippen LogP contribution in [0.5, 0.6) is 0 Å². The van der Waals surface area contributed by atoms with Gasteiger partial charge in [-0.1, -0.05) is 17.7 Å². The highest BCUT2D eigenvalue weighted by atomic mass is 35.5. The molecular weight excluding hydrogens is 236 g/mol. The van der Waals surface area contributed by atoms with Crippen molar-refractivity contribution in [1.29, 1.82) is 0 Å². The summed E-state index contributed by atoms with van der Waals surface area (Å²) in [7, 11) is 1.82. The Balaban J connectivity index is 2.29. The average molecular weight is 253 g/mol. The molecule has 1 aliphatic rings. The molecule has 1 fully saturated rings. The highest BCUT2D eigenvalue weighted by Gasteiger charge is 2.29. The third-order valence-electron chi connectivity index (χ3n) is 3.18. The number of anilines is 1. The lowest BCUT2D eigenvalue weighted by atomic mass is 10.0. The highest BCUT2D eigenvalue weighted by molar-refractivity contribution is 6.34. The van der Waals surface area contributed by atoms with E-state index in [0.717, 1.165) is 30.6 Å². The van der Waals surface area contributed by atoms with Gasteiger partial charge in [0.1, 0.15) is 0 Å². The van der Waals surface area contributed by atoms with Crippen molar-refractivity contribution in [2.45, 2.75) is 25.8 Å². The molecule has 1 amide bonds. The molecule has 3 nitrogen and oxygen atoms in total. The molecule has 0 saturated carbocycles. The van der Waals surface area contributed by atoms with Gasteiger partial charge in [-0.05, 0) is 44.5 Å². The summed E-state index contributed by atoms with van der Waals surface area (Å²) in [4.78, 5) is 14.0. The van der Waals surface area contributed by atoms with Gasteiger partial charge in [0.15, 0.2) is 0 Å². The Hall–Kier alpha value is -1.06.